The molecule has 4 heteroatoms. The zero-order valence-electron chi connectivity index (χ0n) is 9.71. The molecule has 0 unspecified atom stereocenters. The number of rotatable bonds is 2. The van der Waals surface area contributed by atoms with Crippen LogP contribution in [-0.2, 0) is 0 Å². The van der Waals surface area contributed by atoms with Crippen LogP contribution in [-0.4, -0.2) is 0 Å². The maximum absolute atomic E-state index is 12.1. The summed E-state index contributed by atoms with van der Waals surface area (Å²) in [6.45, 7) is 2.03. The molecule has 0 aliphatic carbocycles. The second-order valence-corrected chi connectivity index (χ2v) is 5.71. The molecule has 1 N–H and O–H groups in total. The smallest absolute Gasteiger partial charge is 0.216 e. The van der Waals surface area contributed by atoms with E-state index < -0.39 is 0 Å². The summed E-state index contributed by atoms with van der Waals surface area (Å²) in [6, 6.07) is 13.2. The normalized spacial score (nSPS) is 10.2. The van der Waals surface area contributed by atoms with E-state index in [0.29, 0.717) is 10.2 Å². The van der Waals surface area contributed by atoms with Crippen LogP contribution in [0.3, 0.4) is 0 Å². The topological polar surface area (TPSA) is 29.1 Å². The van der Waals surface area contributed by atoms with Crippen molar-refractivity contribution in [3.8, 4) is 0 Å². The second kappa shape index (κ2) is 5.67. The van der Waals surface area contributed by atoms with Crippen LogP contribution in [0.4, 0.5) is 11.4 Å². The lowest BCUT2D eigenvalue weighted by atomic mass is 10.2. The maximum atomic E-state index is 12.1. The number of hydrogen-bond donors (Lipinski definition) is 1. The molecule has 92 valence electrons. The van der Waals surface area contributed by atoms with Gasteiger partial charge in [-0.15, -0.1) is 0 Å². The molecule has 0 heterocycles. The van der Waals surface area contributed by atoms with Crippen molar-refractivity contribution in [1.29, 1.82) is 0 Å². The van der Waals surface area contributed by atoms with Crippen LogP contribution >= 0.6 is 31.9 Å². The molecule has 0 saturated heterocycles. The summed E-state index contributed by atoms with van der Waals surface area (Å²) in [6.07, 6.45) is 0. The van der Waals surface area contributed by atoms with Crippen LogP contribution in [0.15, 0.2) is 56.2 Å². The molecule has 0 aromatic heterocycles. The lowest BCUT2D eigenvalue weighted by molar-refractivity contribution is 1.45. The van der Waals surface area contributed by atoms with Crippen molar-refractivity contribution in [2.45, 2.75) is 6.92 Å². The average Bonchev–Trinajstić information content (AvgIpc) is 2.46. The van der Waals surface area contributed by atoms with Gasteiger partial charge in [0.05, 0.1) is 10.2 Å². The molecule has 2 aromatic carbocycles. The first-order valence-corrected chi connectivity index (χ1v) is 6.98. The Balaban J connectivity index is 2.41. The van der Waals surface area contributed by atoms with Crippen molar-refractivity contribution in [3.63, 3.8) is 0 Å². The molecule has 0 fully saturated rings. The molecule has 0 saturated carbocycles. The minimum absolute atomic E-state index is 0.0683. The first kappa shape index (κ1) is 13.3. The van der Waals surface area contributed by atoms with E-state index in [1.165, 1.54) is 5.56 Å². The van der Waals surface area contributed by atoms with Crippen LogP contribution in [0, 0.1) is 6.92 Å². The molecule has 0 aliphatic heterocycles. The van der Waals surface area contributed by atoms with Crippen molar-refractivity contribution in [3.05, 3.63) is 67.2 Å². The van der Waals surface area contributed by atoms with E-state index in [0.717, 1.165) is 10.2 Å². The third-order valence-electron chi connectivity index (χ3n) is 2.47. The van der Waals surface area contributed by atoms with Crippen LogP contribution < -0.4 is 10.7 Å². The zero-order valence-corrected chi connectivity index (χ0v) is 12.9. The molecule has 18 heavy (non-hydrogen) atoms. The number of benzene rings is 1. The van der Waals surface area contributed by atoms with Gasteiger partial charge in [0.2, 0.25) is 5.43 Å². The van der Waals surface area contributed by atoms with Crippen molar-refractivity contribution < 1.29 is 0 Å². The summed E-state index contributed by atoms with van der Waals surface area (Å²) >= 11 is 6.63. The standard InChI is InChI=1S/C14H11Br2NO/c1-9-2-5-11(6-3-9)17-13-7-4-10(15)8-12(16)14(13)18/h2-8H,1H3,(H,17,18). The summed E-state index contributed by atoms with van der Waals surface area (Å²) < 4.78 is 1.37. The highest BCUT2D eigenvalue weighted by Gasteiger charge is 2.03. The molecular weight excluding hydrogens is 358 g/mol. The lowest BCUT2D eigenvalue weighted by Crippen LogP contribution is -2.05. The van der Waals surface area contributed by atoms with E-state index in [4.69, 9.17) is 0 Å². The van der Waals surface area contributed by atoms with Gasteiger partial charge in [0.1, 0.15) is 0 Å². The summed E-state index contributed by atoms with van der Waals surface area (Å²) in [5.74, 6) is 0. The monoisotopic (exact) mass is 367 g/mol. The van der Waals surface area contributed by atoms with E-state index in [1.54, 1.807) is 12.1 Å². The number of hydrogen-bond acceptors (Lipinski definition) is 2. The van der Waals surface area contributed by atoms with E-state index in [2.05, 4.69) is 37.2 Å². The van der Waals surface area contributed by atoms with Gasteiger partial charge in [0, 0.05) is 10.2 Å². The Labute approximate surface area is 122 Å². The fourth-order valence-corrected chi connectivity index (χ4v) is 2.62. The Morgan fingerprint density at radius 2 is 1.67 bits per heavy atom. The quantitative estimate of drug-likeness (QED) is 0.837. The number of aryl methyl sites for hydroxylation is 1. The third-order valence-corrected chi connectivity index (χ3v) is 3.55. The molecule has 2 rings (SSSR count). The second-order valence-electron chi connectivity index (χ2n) is 3.94. The Morgan fingerprint density at radius 1 is 1.00 bits per heavy atom. The van der Waals surface area contributed by atoms with Crippen molar-refractivity contribution in [2.75, 3.05) is 5.32 Å². The number of nitrogens with one attached hydrogen (secondary N) is 1. The average molecular weight is 369 g/mol. The fourth-order valence-electron chi connectivity index (χ4n) is 1.49. The van der Waals surface area contributed by atoms with Crippen LogP contribution in [0.2, 0.25) is 0 Å². The van der Waals surface area contributed by atoms with Crippen molar-refractivity contribution >= 4 is 43.2 Å². The fraction of sp³-hybridized carbons (Fsp3) is 0.0714. The van der Waals surface area contributed by atoms with E-state index in [-0.39, 0.29) is 5.43 Å². The Morgan fingerprint density at radius 3 is 2.33 bits per heavy atom. The molecule has 0 aliphatic rings. The van der Waals surface area contributed by atoms with E-state index >= 15 is 0 Å². The van der Waals surface area contributed by atoms with Gasteiger partial charge in [0.15, 0.2) is 0 Å². The summed E-state index contributed by atoms with van der Waals surface area (Å²) in [4.78, 5) is 12.1. The predicted octanol–water partition coefficient (Wildman–Crippen LogP) is 4.62. The maximum Gasteiger partial charge on any atom is 0.216 e. The molecule has 0 bridgehead atoms. The summed E-state index contributed by atoms with van der Waals surface area (Å²) in [5, 5.41) is 3.12. The molecule has 0 radical (unpaired) electrons. The Bertz CT molecular complexity index is 624. The van der Waals surface area contributed by atoms with Crippen molar-refractivity contribution in [1.82, 2.24) is 0 Å². The summed E-state index contributed by atoms with van der Waals surface area (Å²) in [7, 11) is 0. The lowest BCUT2D eigenvalue weighted by Gasteiger charge is -2.04. The van der Waals surface area contributed by atoms with E-state index in [9.17, 15) is 4.79 Å². The highest BCUT2D eigenvalue weighted by molar-refractivity contribution is 9.11. The SMILES string of the molecule is Cc1ccc(Nc2ccc(Br)cc(Br)c2=O)cc1. The number of halogens is 2. The molecule has 0 amide bonds. The van der Waals surface area contributed by atoms with Gasteiger partial charge in [0.25, 0.3) is 0 Å². The Hall–Kier alpha value is -1.13. The first-order chi connectivity index (χ1) is 8.56. The van der Waals surface area contributed by atoms with Gasteiger partial charge >= 0.3 is 0 Å². The number of anilines is 2. The van der Waals surface area contributed by atoms with Gasteiger partial charge in [-0.3, -0.25) is 4.79 Å². The van der Waals surface area contributed by atoms with Gasteiger partial charge in [-0.1, -0.05) is 33.6 Å². The molecule has 2 nitrogen and oxygen atoms in total. The minimum Gasteiger partial charge on any atom is -0.352 e. The van der Waals surface area contributed by atoms with Crippen molar-refractivity contribution in [2.24, 2.45) is 0 Å². The zero-order chi connectivity index (χ0) is 13.1. The van der Waals surface area contributed by atoms with Gasteiger partial charge in [-0.2, -0.15) is 0 Å². The van der Waals surface area contributed by atoms with E-state index in [1.807, 2.05) is 37.3 Å². The predicted molar refractivity (Wildman–Crippen MR) is 82.6 cm³/mol. The highest BCUT2D eigenvalue weighted by atomic mass is 79.9. The van der Waals surface area contributed by atoms with Crippen LogP contribution in [0.25, 0.3) is 0 Å². The van der Waals surface area contributed by atoms with Crippen LogP contribution in [0.1, 0.15) is 5.56 Å². The minimum atomic E-state index is -0.0683. The molecular formula is C14H11Br2NO. The Kier molecular flexibility index (Phi) is 4.19. The molecule has 2 aromatic rings. The van der Waals surface area contributed by atoms with Crippen LogP contribution in [0.5, 0.6) is 0 Å². The third kappa shape index (κ3) is 3.21. The summed E-state index contributed by atoms with van der Waals surface area (Å²) in [5.41, 5.74) is 2.55. The van der Waals surface area contributed by atoms with Gasteiger partial charge in [-0.05, 0) is 53.2 Å². The molecule has 0 spiro atoms. The first-order valence-electron chi connectivity index (χ1n) is 5.39. The van der Waals surface area contributed by atoms with Gasteiger partial charge < -0.3 is 5.32 Å². The largest absolute Gasteiger partial charge is 0.352 e. The highest BCUT2D eigenvalue weighted by Crippen LogP contribution is 2.18. The molecule has 0 atom stereocenters. The van der Waals surface area contributed by atoms with Gasteiger partial charge in [-0.25, -0.2) is 0 Å².